The van der Waals surface area contributed by atoms with E-state index in [2.05, 4.69) is 10.2 Å². The quantitative estimate of drug-likeness (QED) is 0.746. The van der Waals surface area contributed by atoms with Crippen LogP contribution in [0.1, 0.15) is 39.0 Å². The van der Waals surface area contributed by atoms with Crippen LogP contribution in [0.15, 0.2) is 0 Å². The van der Waals surface area contributed by atoms with Gasteiger partial charge in [0, 0.05) is 25.2 Å². The molecule has 4 nitrogen and oxygen atoms in total. The molecule has 17 heavy (non-hydrogen) atoms. The van der Waals surface area contributed by atoms with Gasteiger partial charge in [-0.25, -0.2) is 0 Å². The average molecular weight is 239 g/mol. The number of carbonyl (C=O) groups excluding carboxylic acids is 1. The molecule has 2 aliphatic heterocycles. The zero-order valence-corrected chi connectivity index (χ0v) is 10.8. The van der Waals surface area contributed by atoms with Crippen LogP contribution in [0.2, 0.25) is 0 Å². The summed E-state index contributed by atoms with van der Waals surface area (Å²) >= 11 is 0. The molecule has 98 valence electrons. The Hall–Kier alpha value is -0.610. The summed E-state index contributed by atoms with van der Waals surface area (Å²) < 4.78 is 0. The van der Waals surface area contributed by atoms with E-state index in [1.165, 1.54) is 6.42 Å². The summed E-state index contributed by atoms with van der Waals surface area (Å²) in [4.78, 5) is 14.6. The maximum Gasteiger partial charge on any atom is 0.227 e. The van der Waals surface area contributed by atoms with Gasteiger partial charge in [0.25, 0.3) is 0 Å². The average Bonchev–Trinajstić information content (AvgIpc) is 2.39. The molecule has 0 aromatic rings. The Bertz CT molecular complexity index is 261. The Kier molecular flexibility index (Phi) is 4.40. The molecule has 1 amide bonds. The van der Waals surface area contributed by atoms with E-state index in [9.17, 15) is 4.79 Å². The maximum absolute atomic E-state index is 12.5. The molecule has 2 saturated heterocycles. The van der Waals surface area contributed by atoms with Crippen LogP contribution in [0, 0.1) is 5.92 Å². The molecule has 3 atom stereocenters. The second-order valence-corrected chi connectivity index (χ2v) is 5.50. The first kappa shape index (κ1) is 12.8. The van der Waals surface area contributed by atoms with Gasteiger partial charge in [-0.05, 0) is 45.6 Å². The summed E-state index contributed by atoms with van der Waals surface area (Å²) in [6, 6.07) is 0.356. The van der Waals surface area contributed by atoms with Crippen molar-refractivity contribution in [2.75, 3.05) is 19.6 Å². The first-order chi connectivity index (χ1) is 8.20. The molecule has 2 heterocycles. The van der Waals surface area contributed by atoms with Crippen molar-refractivity contribution in [3.8, 4) is 0 Å². The van der Waals surface area contributed by atoms with E-state index in [4.69, 9.17) is 5.73 Å². The SMILES string of the molecule is CC(N)C1CCCCN1C(=O)C1CCCNC1. The van der Waals surface area contributed by atoms with Crippen molar-refractivity contribution in [1.29, 1.82) is 0 Å². The molecule has 3 unspecified atom stereocenters. The van der Waals surface area contributed by atoms with Crippen LogP contribution >= 0.6 is 0 Å². The van der Waals surface area contributed by atoms with Gasteiger partial charge in [-0.15, -0.1) is 0 Å². The van der Waals surface area contributed by atoms with E-state index in [0.29, 0.717) is 5.91 Å². The van der Waals surface area contributed by atoms with Crippen molar-refractivity contribution < 1.29 is 4.79 Å². The Morgan fingerprint density at radius 3 is 2.82 bits per heavy atom. The third kappa shape index (κ3) is 2.99. The lowest BCUT2D eigenvalue weighted by molar-refractivity contribution is -0.140. The van der Waals surface area contributed by atoms with E-state index in [1.807, 2.05) is 6.92 Å². The van der Waals surface area contributed by atoms with Crippen LogP contribution in [0.5, 0.6) is 0 Å². The molecule has 4 heteroatoms. The number of nitrogens with two attached hydrogens (primary N) is 1. The van der Waals surface area contributed by atoms with Crippen LogP contribution in [0.25, 0.3) is 0 Å². The van der Waals surface area contributed by atoms with Crippen LogP contribution < -0.4 is 11.1 Å². The van der Waals surface area contributed by atoms with E-state index in [0.717, 1.165) is 45.3 Å². The second-order valence-electron chi connectivity index (χ2n) is 5.50. The molecule has 2 fully saturated rings. The fourth-order valence-electron chi connectivity index (χ4n) is 3.07. The molecule has 0 spiro atoms. The lowest BCUT2D eigenvalue weighted by Gasteiger charge is -2.40. The Morgan fingerprint density at radius 1 is 1.35 bits per heavy atom. The minimum absolute atomic E-state index is 0.0933. The van der Waals surface area contributed by atoms with Crippen molar-refractivity contribution in [2.45, 2.75) is 51.1 Å². The first-order valence-corrected chi connectivity index (χ1v) is 6.97. The largest absolute Gasteiger partial charge is 0.338 e. The number of nitrogens with zero attached hydrogens (tertiary/aromatic N) is 1. The van der Waals surface area contributed by atoms with Gasteiger partial charge >= 0.3 is 0 Å². The third-order valence-corrected chi connectivity index (χ3v) is 4.09. The van der Waals surface area contributed by atoms with Gasteiger partial charge in [-0.2, -0.15) is 0 Å². The molecule has 0 aromatic heterocycles. The van der Waals surface area contributed by atoms with E-state index in [1.54, 1.807) is 0 Å². The molecule has 0 radical (unpaired) electrons. The summed E-state index contributed by atoms with van der Waals surface area (Å²) in [5, 5.41) is 3.32. The maximum atomic E-state index is 12.5. The summed E-state index contributed by atoms with van der Waals surface area (Å²) in [5.74, 6) is 0.516. The monoisotopic (exact) mass is 239 g/mol. The van der Waals surface area contributed by atoms with Crippen molar-refractivity contribution in [3.05, 3.63) is 0 Å². The van der Waals surface area contributed by atoms with E-state index >= 15 is 0 Å². The minimum Gasteiger partial charge on any atom is -0.338 e. The fraction of sp³-hybridized carbons (Fsp3) is 0.923. The molecule has 0 saturated carbocycles. The topological polar surface area (TPSA) is 58.4 Å². The van der Waals surface area contributed by atoms with Crippen molar-refractivity contribution >= 4 is 5.91 Å². The number of likely N-dealkylation sites (tertiary alicyclic amines) is 1. The van der Waals surface area contributed by atoms with Gasteiger partial charge in [0.05, 0.1) is 5.92 Å². The zero-order chi connectivity index (χ0) is 12.3. The highest BCUT2D eigenvalue weighted by atomic mass is 16.2. The summed E-state index contributed by atoms with van der Waals surface area (Å²) in [6.07, 6.45) is 5.57. The van der Waals surface area contributed by atoms with Crippen LogP contribution in [0.4, 0.5) is 0 Å². The zero-order valence-electron chi connectivity index (χ0n) is 10.8. The molecule has 0 aliphatic carbocycles. The summed E-state index contributed by atoms with van der Waals surface area (Å²) in [5.41, 5.74) is 6.02. The minimum atomic E-state index is 0.0933. The summed E-state index contributed by atoms with van der Waals surface area (Å²) in [7, 11) is 0. The number of carbonyl (C=O) groups is 1. The summed E-state index contributed by atoms with van der Waals surface area (Å²) in [6.45, 7) is 4.83. The number of amides is 1. The van der Waals surface area contributed by atoms with Crippen LogP contribution in [0.3, 0.4) is 0 Å². The van der Waals surface area contributed by atoms with Crippen LogP contribution in [-0.4, -0.2) is 42.5 Å². The highest BCUT2D eigenvalue weighted by Gasteiger charge is 2.33. The lowest BCUT2D eigenvalue weighted by atomic mass is 9.92. The standard InChI is InChI=1S/C13H25N3O/c1-10(14)12-6-2-3-8-16(12)13(17)11-5-4-7-15-9-11/h10-12,15H,2-9,14H2,1H3. The number of rotatable bonds is 2. The Morgan fingerprint density at radius 2 is 2.18 bits per heavy atom. The van der Waals surface area contributed by atoms with Gasteiger partial charge in [0.1, 0.15) is 0 Å². The van der Waals surface area contributed by atoms with E-state index in [-0.39, 0.29) is 18.0 Å². The van der Waals surface area contributed by atoms with Gasteiger partial charge in [-0.1, -0.05) is 0 Å². The second kappa shape index (κ2) is 5.83. The highest BCUT2D eigenvalue weighted by Crippen LogP contribution is 2.23. The smallest absolute Gasteiger partial charge is 0.227 e. The molecule has 2 rings (SSSR count). The molecular formula is C13H25N3O. The number of hydrogen-bond donors (Lipinski definition) is 2. The fourth-order valence-corrected chi connectivity index (χ4v) is 3.07. The van der Waals surface area contributed by atoms with Gasteiger partial charge in [0.15, 0.2) is 0 Å². The predicted octanol–water partition coefficient (Wildman–Crippen LogP) is 0.714. The lowest BCUT2D eigenvalue weighted by Crippen LogP contribution is -2.54. The van der Waals surface area contributed by atoms with Gasteiger partial charge in [0.2, 0.25) is 5.91 Å². The Balaban J connectivity index is 1.99. The Labute approximate surface area is 104 Å². The van der Waals surface area contributed by atoms with Crippen molar-refractivity contribution in [2.24, 2.45) is 11.7 Å². The molecule has 2 aliphatic rings. The third-order valence-electron chi connectivity index (χ3n) is 4.09. The predicted molar refractivity (Wildman–Crippen MR) is 68.6 cm³/mol. The van der Waals surface area contributed by atoms with Crippen LogP contribution in [-0.2, 0) is 4.79 Å². The molecule has 3 N–H and O–H groups in total. The number of hydrogen-bond acceptors (Lipinski definition) is 3. The van der Waals surface area contributed by atoms with Gasteiger partial charge < -0.3 is 16.0 Å². The van der Waals surface area contributed by atoms with Crippen molar-refractivity contribution in [3.63, 3.8) is 0 Å². The number of nitrogens with one attached hydrogen (secondary N) is 1. The molecule has 0 bridgehead atoms. The first-order valence-electron chi connectivity index (χ1n) is 6.97. The van der Waals surface area contributed by atoms with Gasteiger partial charge in [-0.3, -0.25) is 4.79 Å². The number of piperidine rings is 2. The van der Waals surface area contributed by atoms with Crippen molar-refractivity contribution in [1.82, 2.24) is 10.2 Å². The molecule has 0 aromatic carbocycles. The van der Waals surface area contributed by atoms with E-state index < -0.39 is 0 Å². The highest BCUT2D eigenvalue weighted by molar-refractivity contribution is 5.79. The molecular weight excluding hydrogens is 214 g/mol. The normalized spacial score (nSPS) is 32.2.